The van der Waals surface area contributed by atoms with Gasteiger partial charge in [-0.2, -0.15) is 0 Å². The standard InChI is InChI=1S/C16H17F3O2/c1-4-7-12-14(2,3)15(12,13(20)21)16(18,19)10-8-5-6-9-11(10)17/h4-9,12H,1-3H3,(H,20,21)/p-1. The number of carbonyl (C=O) groups is 1. The summed E-state index contributed by atoms with van der Waals surface area (Å²) in [5.41, 5.74) is -4.59. The second-order valence-corrected chi connectivity index (χ2v) is 5.87. The predicted molar refractivity (Wildman–Crippen MR) is 69.8 cm³/mol. The van der Waals surface area contributed by atoms with Crippen molar-refractivity contribution < 1.29 is 23.1 Å². The molecule has 2 unspecified atom stereocenters. The van der Waals surface area contributed by atoms with Gasteiger partial charge in [-0.25, -0.2) is 13.2 Å². The number of benzene rings is 1. The van der Waals surface area contributed by atoms with Gasteiger partial charge in [-0.15, -0.1) is 0 Å². The van der Waals surface area contributed by atoms with Gasteiger partial charge in [0.1, 0.15) is 5.82 Å². The minimum Gasteiger partial charge on any atom is -0.549 e. The summed E-state index contributed by atoms with van der Waals surface area (Å²) in [5.74, 6) is -7.77. The molecule has 2 rings (SSSR count). The number of hydrogen-bond donors (Lipinski definition) is 0. The summed E-state index contributed by atoms with van der Waals surface area (Å²) < 4.78 is 43.5. The van der Waals surface area contributed by atoms with E-state index in [4.69, 9.17) is 0 Å². The molecule has 1 saturated carbocycles. The van der Waals surface area contributed by atoms with E-state index in [0.717, 1.165) is 12.1 Å². The molecule has 2 atom stereocenters. The summed E-state index contributed by atoms with van der Waals surface area (Å²) in [7, 11) is 0. The molecule has 5 heteroatoms. The molecular weight excluding hydrogens is 281 g/mol. The van der Waals surface area contributed by atoms with Crippen molar-refractivity contribution in [3.8, 4) is 0 Å². The highest BCUT2D eigenvalue weighted by Crippen LogP contribution is 2.77. The first kappa shape index (κ1) is 15.6. The molecule has 0 bridgehead atoms. The molecule has 1 fully saturated rings. The third kappa shape index (κ3) is 1.76. The largest absolute Gasteiger partial charge is 0.549 e. The lowest BCUT2D eigenvalue weighted by atomic mass is 9.84. The van der Waals surface area contributed by atoms with Crippen LogP contribution in [-0.4, -0.2) is 5.97 Å². The molecule has 0 spiro atoms. The van der Waals surface area contributed by atoms with E-state index in [1.165, 1.54) is 38.1 Å². The average Bonchev–Trinajstić information content (AvgIpc) is 2.88. The van der Waals surface area contributed by atoms with E-state index in [1.807, 2.05) is 0 Å². The third-order valence-electron chi connectivity index (χ3n) is 4.59. The Morgan fingerprint density at radius 1 is 1.33 bits per heavy atom. The molecule has 0 aromatic heterocycles. The lowest BCUT2D eigenvalue weighted by Crippen LogP contribution is -2.47. The van der Waals surface area contributed by atoms with E-state index in [2.05, 4.69) is 0 Å². The van der Waals surface area contributed by atoms with Gasteiger partial charge in [-0.1, -0.05) is 44.2 Å². The van der Waals surface area contributed by atoms with Gasteiger partial charge in [-0.05, 0) is 18.4 Å². The normalized spacial score (nSPS) is 27.8. The van der Waals surface area contributed by atoms with Crippen LogP contribution in [0.2, 0.25) is 0 Å². The van der Waals surface area contributed by atoms with E-state index in [1.54, 1.807) is 6.92 Å². The topological polar surface area (TPSA) is 40.1 Å². The van der Waals surface area contributed by atoms with Gasteiger partial charge in [0.2, 0.25) is 0 Å². The lowest BCUT2D eigenvalue weighted by Gasteiger charge is -2.32. The number of carboxylic acid groups (broad SMARTS) is 1. The van der Waals surface area contributed by atoms with E-state index < -0.39 is 40.0 Å². The number of carbonyl (C=O) groups excluding carboxylic acids is 1. The van der Waals surface area contributed by atoms with Crippen LogP contribution in [0.4, 0.5) is 13.2 Å². The van der Waals surface area contributed by atoms with Crippen LogP contribution in [0, 0.1) is 22.6 Å². The Hall–Kier alpha value is -1.78. The molecule has 0 N–H and O–H groups in total. The molecule has 0 aliphatic heterocycles. The van der Waals surface area contributed by atoms with Crippen molar-refractivity contribution in [3.63, 3.8) is 0 Å². The first-order valence-electron chi connectivity index (χ1n) is 6.62. The summed E-state index contributed by atoms with van der Waals surface area (Å²) in [6.07, 6.45) is 2.94. The van der Waals surface area contributed by atoms with Gasteiger partial charge in [0.15, 0.2) is 0 Å². The Kier molecular flexibility index (Phi) is 3.43. The van der Waals surface area contributed by atoms with E-state index in [9.17, 15) is 23.1 Å². The Balaban J connectivity index is 2.65. The van der Waals surface area contributed by atoms with Crippen molar-refractivity contribution in [1.29, 1.82) is 0 Å². The Labute approximate surface area is 121 Å². The molecule has 1 aliphatic carbocycles. The summed E-state index contributed by atoms with van der Waals surface area (Å²) in [6, 6.07) is 4.35. The number of rotatable bonds is 4. The van der Waals surface area contributed by atoms with Crippen LogP contribution in [-0.2, 0) is 10.7 Å². The highest BCUT2D eigenvalue weighted by molar-refractivity contribution is 5.82. The average molecular weight is 297 g/mol. The minimum absolute atomic E-state index is 0.895. The SMILES string of the molecule is CC=CC1C(C)(C)C1(C(=O)[O-])C(F)(F)c1ccccc1F. The molecule has 2 nitrogen and oxygen atoms in total. The number of hydrogen-bond acceptors (Lipinski definition) is 2. The maximum Gasteiger partial charge on any atom is 0.287 e. The van der Waals surface area contributed by atoms with Gasteiger partial charge in [0, 0.05) is 5.92 Å². The summed E-state index contributed by atoms with van der Waals surface area (Å²) >= 11 is 0. The van der Waals surface area contributed by atoms with Gasteiger partial charge < -0.3 is 9.90 Å². The van der Waals surface area contributed by atoms with Crippen molar-refractivity contribution in [1.82, 2.24) is 0 Å². The molecule has 1 aromatic rings. The van der Waals surface area contributed by atoms with Gasteiger partial charge in [-0.3, -0.25) is 0 Å². The predicted octanol–water partition coefficient (Wildman–Crippen LogP) is 2.89. The summed E-state index contributed by atoms with van der Waals surface area (Å²) in [4.78, 5) is 11.6. The van der Waals surface area contributed by atoms with E-state index >= 15 is 0 Å². The van der Waals surface area contributed by atoms with Crippen LogP contribution < -0.4 is 5.11 Å². The Bertz CT molecular complexity index is 607. The second-order valence-electron chi connectivity index (χ2n) is 5.87. The number of alkyl halides is 2. The fraction of sp³-hybridized carbons (Fsp3) is 0.438. The number of allylic oxidation sites excluding steroid dienone is 2. The molecular formula is C16H16F3O2-. The van der Waals surface area contributed by atoms with Crippen molar-refractivity contribution in [2.45, 2.75) is 26.7 Å². The molecule has 114 valence electrons. The van der Waals surface area contributed by atoms with E-state index in [0.29, 0.717) is 0 Å². The summed E-state index contributed by atoms with van der Waals surface area (Å²) in [6.45, 7) is 4.49. The van der Waals surface area contributed by atoms with Crippen LogP contribution in [0.25, 0.3) is 0 Å². The molecule has 1 aromatic carbocycles. The zero-order valence-electron chi connectivity index (χ0n) is 12.0. The Morgan fingerprint density at radius 3 is 2.38 bits per heavy atom. The molecule has 0 radical (unpaired) electrons. The maximum atomic E-state index is 14.9. The van der Waals surface area contributed by atoms with Crippen molar-refractivity contribution in [2.75, 3.05) is 0 Å². The van der Waals surface area contributed by atoms with Crippen LogP contribution in [0.1, 0.15) is 26.3 Å². The first-order valence-corrected chi connectivity index (χ1v) is 6.62. The first-order chi connectivity index (χ1) is 9.65. The number of halogens is 3. The summed E-state index contributed by atoms with van der Waals surface area (Å²) in [5, 5.41) is 11.6. The van der Waals surface area contributed by atoms with Crippen molar-refractivity contribution in [3.05, 3.63) is 47.8 Å². The molecule has 21 heavy (non-hydrogen) atoms. The maximum absolute atomic E-state index is 14.9. The zero-order chi connectivity index (χ0) is 16.1. The van der Waals surface area contributed by atoms with E-state index in [-0.39, 0.29) is 0 Å². The minimum atomic E-state index is -3.87. The molecule has 1 aliphatic rings. The van der Waals surface area contributed by atoms with Crippen LogP contribution >= 0.6 is 0 Å². The quantitative estimate of drug-likeness (QED) is 0.802. The van der Waals surface area contributed by atoms with Crippen molar-refractivity contribution >= 4 is 5.97 Å². The smallest absolute Gasteiger partial charge is 0.287 e. The van der Waals surface area contributed by atoms with Crippen LogP contribution in [0.3, 0.4) is 0 Å². The fourth-order valence-corrected chi connectivity index (χ4v) is 3.43. The van der Waals surface area contributed by atoms with Gasteiger partial charge in [0.25, 0.3) is 5.92 Å². The third-order valence-corrected chi connectivity index (χ3v) is 4.59. The molecule has 0 saturated heterocycles. The number of carboxylic acids is 1. The zero-order valence-corrected chi connectivity index (χ0v) is 12.0. The second kappa shape index (κ2) is 4.61. The highest BCUT2D eigenvalue weighted by Gasteiger charge is 2.82. The van der Waals surface area contributed by atoms with Gasteiger partial charge >= 0.3 is 0 Å². The monoisotopic (exact) mass is 297 g/mol. The van der Waals surface area contributed by atoms with Crippen LogP contribution in [0.5, 0.6) is 0 Å². The van der Waals surface area contributed by atoms with Crippen LogP contribution in [0.15, 0.2) is 36.4 Å². The van der Waals surface area contributed by atoms with Gasteiger partial charge in [0.05, 0.1) is 16.9 Å². The number of aliphatic carboxylic acids is 1. The lowest BCUT2D eigenvalue weighted by molar-refractivity contribution is -0.326. The van der Waals surface area contributed by atoms with Crippen molar-refractivity contribution in [2.24, 2.45) is 16.7 Å². The highest BCUT2D eigenvalue weighted by atomic mass is 19.3. The fourth-order valence-electron chi connectivity index (χ4n) is 3.43. The molecule has 0 amide bonds. The molecule has 0 heterocycles. The Morgan fingerprint density at radius 2 is 1.90 bits per heavy atom.